The lowest BCUT2D eigenvalue weighted by molar-refractivity contribution is -0.139. The Morgan fingerprint density at radius 1 is 0.865 bits per heavy atom. The number of anilines is 1. The average molecular weight is 523 g/mol. The summed E-state index contributed by atoms with van der Waals surface area (Å²) in [5, 5.41) is 14.5. The Hall–Kier alpha value is -4.37. The lowest BCUT2D eigenvalue weighted by Gasteiger charge is -2.50. The van der Waals surface area contributed by atoms with E-state index in [0.29, 0.717) is 5.56 Å². The number of halogens is 1. The van der Waals surface area contributed by atoms with Gasteiger partial charge in [0.2, 0.25) is 11.8 Å². The fourth-order valence-corrected chi connectivity index (χ4v) is 5.17. The quantitative estimate of drug-likeness (QED) is 0.289. The van der Waals surface area contributed by atoms with Gasteiger partial charge in [0, 0.05) is 16.3 Å². The molecule has 0 saturated carbocycles. The maximum atomic E-state index is 13.6. The number of amides is 4. The number of benzene rings is 3. The number of carbonyl (C=O) groups is 4. The number of aromatic carboxylic acids is 1. The number of carboxylic acid groups (broad SMARTS) is 1. The maximum Gasteiger partial charge on any atom is 0.335 e. The zero-order chi connectivity index (χ0) is 27.4. The van der Waals surface area contributed by atoms with Gasteiger partial charge in [0.05, 0.1) is 5.56 Å². The third-order valence-corrected chi connectivity index (χ3v) is 6.72. The number of carbonyl (C=O) groups excluding carboxylic acids is 3. The van der Waals surface area contributed by atoms with Crippen molar-refractivity contribution in [2.24, 2.45) is 17.4 Å². The molecule has 0 saturated heterocycles. The number of carboxylic acids is 1. The van der Waals surface area contributed by atoms with E-state index in [1.54, 1.807) is 56.3 Å². The van der Waals surface area contributed by atoms with E-state index in [0.717, 1.165) is 0 Å². The van der Waals surface area contributed by atoms with Gasteiger partial charge in [0.15, 0.2) is 5.54 Å². The van der Waals surface area contributed by atoms with Crippen molar-refractivity contribution >= 4 is 41.1 Å². The first kappa shape index (κ1) is 27.2. The van der Waals surface area contributed by atoms with Crippen molar-refractivity contribution in [3.63, 3.8) is 0 Å². The fraction of sp³-hybridized carbons (Fsp3) is 0.185. The predicted octanol–water partition coefficient (Wildman–Crippen LogP) is 3.62. The summed E-state index contributed by atoms with van der Waals surface area (Å²) < 4.78 is 0. The summed E-state index contributed by atoms with van der Waals surface area (Å²) in [6, 6.07) is 19.1. The molecule has 0 heterocycles. The zero-order valence-corrected chi connectivity index (χ0v) is 21.0. The van der Waals surface area contributed by atoms with E-state index < -0.39 is 40.7 Å². The molecule has 3 aromatic rings. The molecular formula is C27H27ClN4O5. The number of rotatable bonds is 9. The Balaban J connectivity index is 2.32. The monoisotopic (exact) mass is 522 g/mol. The van der Waals surface area contributed by atoms with Gasteiger partial charge in [0.25, 0.3) is 0 Å². The summed E-state index contributed by atoms with van der Waals surface area (Å²) in [5.41, 5.74) is 8.43. The molecule has 37 heavy (non-hydrogen) atoms. The SMILES string of the molecule is CC(C)C(C(N)=O)(c1ccccc1)C(NC(=O)Nc1cccc(C(=O)O)c1)(C(N)=O)c1ccccc1Cl. The van der Waals surface area contributed by atoms with Crippen LogP contribution in [0.5, 0.6) is 0 Å². The molecule has 192 valence electrons. The molecule has 3 aromatic carbocycles. The Labute approximate surface area is 218 Å². The topological polar surface area (TPSA) is 165 Å². The molecule has 0 radical (unpaired) electrons. The molecule has 3 rings (SSSR count). The highest BCUT2D eigenvalue weighted by molar-refractivity contribution is 6.32. The van der Waals surface area contributed by atoms with Gasteiger partial charge in [-0.25, -0.2) is 9.59 Å². The van der Waals surface area contributed by atoms with Crippen molar-refractivity contribution in [1.29, 1.82) is 0 Å². The molecule has 0 fully saturated rings. The molecule has 0 bridgehead atoms. The van der Waals surface area contributed by atoms with Crippen molar-refractivity contribution in [2.45, 2.75) is 24.8 Å². The minimum absolute atomic E-state index is 0.0648. The second-order valence-electron chi connectivity index (χ2n) is 8.75. The van der Waals surface area contributed by atoms with Crippen molar-refractivity contribution in [3.05, 3.63) is 101 Å². The van der Waals surface area contributed by atoms with Crippen molar-refractivity contribution in [3.8, 4) is 0 Å². The number of primary amides is 2. The van der Waals surface area contributed by atoms with Gasteiger partial charge in [-0.15, -0.1) is 0 Å². The van der Waals surface area contributed by atoms with Crippen molar-refractivity contribution in [1.82, 2.24) is 5.32 Å². The summed E-state index contributed by atoms with van der Waals surface area (Å²) in [6.45, 7) is 3.37. The minimum Gasteiger partial charge on any atom is -0.478 e. The lowest BCUT2D eigenvalue weighted by atomic mass is 9.55. The van der Waals surface area contributed by atoms with Gasteiger partial charge < -0.3 is 27.2 Å². The van der Waals surface area contributed by atoms with E-state index in [2.05, 4.69) is 10.6 Å². The third kappa shape index (κ3) is 4.73. The van der Waals surface area contributed by atoms with Gasteiger partial charge >= 0.3 is 12.0 Å². The Bertz CT molecular complexity index is 1350. The molecule has 2 unspecified atom stereocenters. The first-order valence-electron chi connectivity index (χ1n) is 11.3. The second kappa shape index (κ2) is 10.7. The van der Waals surface area contributed by atoms with Crippen LogP contribution in [0.3, 0.4) is 0 Å². The van der Waals surface area contributed by atoms with E-state index in [1.165, 1.54) is 36.4 Å². The maximum absolute atomic E-state index is 13.6. The van der Waals surface area contributed by atoms with Gasteiger partial charge in [0.1, 0.15) is 5.41 Å². The number of hydrogen-bond acceptors (Lipinski definition) is 4. The van der Waals surface area contributed by atoms with Crippen LogP contribution < -0.4 is 22.1 Å². The number of nitrogens with one attached hydrogen (secondary N) is 2. The molecule has 0 aliphatic carbocycles. The summed E-state index contributed by atoms with van der Waals surface area (Å²) in [4.78, 5) is 51.9. The van der Waals surface area contributed by atoms with Crippen LogP contribution in [0.2, 0.25) is 5.02 Å². The second-order valence-corrected chi connectivity index (χ2v) is 9.16. The van der Waals surface area contributed by atoms with Gasteiger partial charge in [-0.3, -0.25) is 9.59 Å². The van der Waals surface area contributed by atoms with Crippen LogP contribution in [-0.4, -0.2) is 28.9 Å². The van der Waals surface area contributed by atoms with Crippen LogP contribution in [0.1, 0.15) is 35.3 Å². The summed E-state index contributed by atoms with van der Waals surface area (Å²) in [5.74, 6) is -3.86. The molecule has 10 heteroatoms. The van der Waals surface area contributed by atoms with Gasteiger partial charge in [-0.05, 0) is 35.7 Å². The van der Waals surface area contributed by atoms with Crippen molar-refractivity contribution in [2.75, 3.05) is 5.32 Å². The van der Waals surface area contributed by atoms with Crippen LogP contribution in [0, 0.1) is 5.92 Å². The van der Waals surface area contributed by atoms with Crippen LogP contribution in [0.25, 0.3) is 0 Å². The van der Waals surface area contributed by atoms with E-state index in [9.17, 15) is 24.3 Å². The van der Waals surface area contributed by atoms with Crippen molar-refractivity contribution < 1.29 is 24.3 Å². The highest BCUT2D eigenvalue weighted by atomic mass is 35.5. The summed E-state index contributed by atoms with van der Waals surface area (Å²) in [6.07, 6.45) is 0. The van der Waals surface area contributed by atoms with E-state index in [4.69, 9.17) is 23.1 Å². The fourth-order valence-electron chi connectivity index (χ4n) is 4.89. The normalized spacial score (nSPS) is 14.2. The molecule has 2 atom stereocenters. The van der Waals surface area contributed by atoms with E-state index in [1.807, 2.05) is 0 Å². The molecule has 7 N–H and O–H groups in total. The predicted molar refractivity (Wildman–Crippen MR) is 140 cm³/mol. The molecule has 0 aromatic heterocycles. The van der Waals surface area contributed by atoms with Crippen LogP contribution in [-0.2, 0) is 20.5 Å². The highest BCUT2D eigenvalue weighted by Gasteiger charge is 2.64. The standard InChI is InChI=1S/C27H27ClN4O5/c1-16(2)26(23(29)35,18-10-4-3-5-11-18)27(24(30)36,20-13-6-7-14-21(20)28)32-25(37)31-19-12-8-9-17(15-19)22(33)34/h3-16H,1-2H3,(H2,29,35)(H2,30,36)(H,33,34)(H2,31,32,37). The first-order chi connectivity index (χ1) is 17.5. The third-order valence-electron chi connectivity index (χ3n) is 6.39. The zero-order valence-electron chi connectivity index (χ0n) is 20.2. The van der Waals surface area contributed by atoms with Crippen LogP contribution in [0.4, 0.5) is 10.5 Å². The molecule has 9 nitrogen and oxygen atoms in total. The van der Waals surface area contributed by atoms with Crippen LogP contribution in [0.15, 0.2) is 78.9 Å². The number of nitrogens with two attached hydrogens (primary N) is 2. The summed E-state index contributed by atoms with van der Waals surface area (Å²) in [7, 11) is 0. The number of urea groups is 1. The summed E-state index contributed by atoms with van der Waals surface area (Å²) >= 11 is 6.56. The first-order valence-corrected chi connectivity index (χ1v) is 11.7. The van der Waals surface area contributed by atoms with Crippen LogP contribution >= 0.6 is 11.6 Å². The molecule has 4 amide bonds. The highest BCUT2D eigenvalue weighted by Crippen LogP contribution is 2.49. The Kier molecular flexibility index (Phi) is 7.88. The molecular weight excluding hydrogens is 496 g/mol. The molecule has 0 aliphatic heterocycles. The van der Waals surface area contributed by atoms with Gasteiger partial charge in [-0.1, -0.05) is 80.0 Å². The smallest absolute Gasteiger partial charge is 0.335 e. The largest absolute Gasteiger partial charge is 0.478 e. The van der Waals surface area contributed by atoms with E-state index >= 15 is 0 Å². The van der Waals surface area contributed by atoms with Gasteiger partial charge in [-0.2, -0.15) is 0 Å². The minimum atomic E-state index is -2.26. The number of hydrogen-bond donors (Lipinski definition) is 5. The molecule has 0 spiro atoms. The molecule has 0 aliphatic rings. The van der Waals surface area contributed by atoms with E-state index in [-0.39, 0.29) is 21.8 Å². The average Bonchev–Trinajstić information content (AvgIpc) is 2.84. The lowest BCUT2D eigenvalue weighted by Crippen LogP contribution is -2.72. The Morgan fingerprint density at radius 3 is 2.03 bits per heavy atom. The Morgan fingerprint density at radius 2 is 1.49 bits per heavy atom.